The van der Waals surface area contributed by atoms with Gasteiger partial charge in [0.05, 0.1) is 0 Å². The Morgan fingerprint density at radius 2 is 1.67 bits per heavy atom. The van der Waals surface area contributed by atoms with Gasteiger partial charge in [-0.25, -0.2) is 0 Å². The molecule has 0 amide bonds. The van der Waals surface area contributed by atoms with Gasteiger partial charge in [-0.05, 0) is 43.9 Å². The van der Waals surface area contributed by atoms with Crippen molar-refractivity contribution in [2.45, 2.75) is 25.0 Å². The third kappa shape index (κ3) is 2.67. The molecule has 2 nitrogen and oxygen atoms in total. The minimum absolute atomic E-state index is 0.319. The van der Waals surface area contributed by atoms with E-state index < -0.39 is 5.60 Å². The molecule has 0 aliphatic carbocycles. The highest BCUT2D eigenvalue weighted by Gasteiger charge is 2.35. The lowest BCUT2D eigenvalue weighted by molar-refractivity contribution is 0.0531. The minimum atomic E-state index is -0.855. The third-order valence-corrected chi connectivity index (χ3v) is 5.37. The fourth-order valence-electron chi connectivity index (χ4n) is 1.96. The molecule has 0 saturated heterocycles. The van der Waals surface area contributed by atoms with Gasteiger partial charge in [0.2, 0.25) is 0 Å². The molecule has 0 aliphatic rings. The van der Waals surface area contributed by atoms with Gasteiger partial charge in [0, 0.05) is 22.2 Å². The van der Waals surface area contributed by atoms with Crippen molar-refractivity contribution in [1.82, 2.24) is 4.90 Å². The van der Waals surface area contributed by atoms with Gasteiger partial charge in [-0.3, -0.25) is 0 Å². The normalized spacial score (nSPS) is 14.1. The Bertz CT molecular complexity index is 428. The van der Waals surface area contributed by atoms with Crippen molar-refractivity contribution in [2.24, 2.45) is 0 Å². The first kappa shape index (κ1) is 13.7. The molecule has 0 saturated carbocycles. The molecule has 18 heavy (non-hydrogen) atoms. The fraction of sp³-hybridized carbons (Fsp3) is 0.429. The molecular weight excluding hydrogens is 262 g/mol. The van der Waals surface area contributed by atoms with Crippen LogP contribution in [-0.2, 0) is 5.60 Å². The zero-order valence-corrected chi connectivity index (χ0v) is 12.6. The summed E-state index contributed by atoms with van der Waals surface area (Å²) >= 11 is 3.24. The van der Waals surface area contributed by atoms with Crippen LogP contribution in [0.3, 0.4) is 0 Å². The van der Waals surface area contributed by atoms with Gasteiger partial charge in [0.15, 0.2) is 0 Å². The molecule has 0 unspecified atom stereocenters. The van der Waals surface area contributed by atoms with Gasteiger partial charge in [0.1, 0.15) is 5.60 Å². The van der Waals surface area contributed by atoms with Crippen LogP contribution in [0.25, 0.3) is 0 Å². The van der Waals surface area contributed by atoms with Crippen LogP contribution in [0.15, 0.2) is 35.0 Å². The van der Waals surface area contributed by atoms with E-state index in [1.807, 2.05) is 49.1 Å². The highest BCUT2D eigenvalue weighted by atomic mass is 32.1. The van der Waals surface area contributed by atoms with E-state index in [0.717, 1.165) is 9.75 Å². The maximum atomic E-state index is 11.1. The maximum absolute atomic E-state index is 11.1. The SMILES string of the molecule is C[C@@H](CC(O)(c1cccs1)c1cccs1)N(C)C. The monoisotopic (exact) mass is 281 g/mol. The fourth-order valence-corrected chi connectivity index (χ4v) is 3.72. The lowest BCUT2D eigenvalue weighted by atomic mass is 9.91. The summed E-state index contributed by atoms with van der Waals surface area (Å²) in [5.41, 5.74) is -0.855. The molecule has 0 radical (unpaired) electrons. The van der Waals surface area contributed by atoms with Crippen LogP contribution in [-0.4, -0.2) is 30.1 Å². The van der Waals surface area contributed by atoms with E-state index in [-0.39, 0.29) is 0 Å². The molecule has 2 aromatic rings. The number of thiophene rings is 2. The summed E-state index contributed by atoms with van der Waals surface area (Å²) in [4.78, 5) is 4.20. The summed E-state index contributed by atoms with van der Waals surface area (Å²) in [5.74, 6) is 0. The molecule has 2 heterocycles. The second-order valence-corrected chi connectivity index (χ2v) is 6.73. The largest absolute Gasteiger partial charge is 0.379 e. The second kappa shape index (κ2) is 5.53. The molecule has 0 aliphatic heterocycles. The quantitative estimate of drug-likeness (QED) is 0.908. The van der Waals surface area contributed by atoms with Gasteiger partial charge < -0.3 is 10.0 Å². The number of hydrogen-bond acceptors (Lipinski definition) is 4. The first-order valence-corrected chi connectivity index (χ1v) is 7.77. The van der Waals surface area contributed by atoms with Crippen LogP contribution in [0, 0.1) is 0 Å². The summed E-state index contributed by atoms with van der Waals surface area (Å²) < 4.78 is 0. The minimum Gasteiger partial charge on any atom is -0.379 e. The first-order chi connectivity index (χ1) is 8.54. The molecule has 1 N–H and O–H groups in total. The smallest absolute Gasteiger partial charge is 0.134 e. The highest BCUT2D eigenvalue weighted by molar-refractivity contribution is 7.11. The lowest BCUT2D eigenvalue weighted by Gasteiger charge is -2.32. The van der Waals surface area contributed by atoms with Crippen LogP contribution in [0.1, 0.15) is 23.1 Å². The first-order valence-electron chi connectivity index (χ1n) is 6.01. The highest BCUT2D eigenvalue weighted by Crippen LogP contribution is 2.39. The molecular formula is C14H19NOS2. The summed E-state index contributed by atoms with van der Waals surface area (Å²) in [7, 11) is 4.10. The van der Waals surface area contributed by atoms with Crippen molar-refractivity contribution >= 4 is 22.7 Å². The molecule has 2 rings (SSSR count). The summed E-state index contributed by atoms with van der Waals surface area (Å²) in [5, 5.41) is 15.2. The third-order valence-electron chi connectivity index (χ3n) is 3.33. The Morgan fingerprint density at radius 3 is 2.00 bits per heavy atom. The molecule has 98 valence electrons. The lowest BCUT2D eigenvalue weighted by Crippen LogP contribution is -2.35. The number of aliphatic hydroxyl groups is 1. The molecule has 2 aromatic heterocycles. The van der Waals surface area contributed by atoms with Crippen molar-refractivity contribution in [2.75, 3.05) is 14.1 Å². The molecule has 0 spiro atoms. The average molecular weight is 281 g/mol. The standard InChI is InChI=1S/C14H19NOS2/c1-11(15(2)3)10-14(16,12-6-4-8-17-12)13-7-5-9-18-13/h4-9,11,16H,10H2,1-3H3/t11-/m0/s1. The van der Waals surface area contributed by atoms with Crippen molar-refractivity contribution < 1.29 is 5.11 Å². The molecule has 1 atom stereocenters. The molecule has 0 aromatic carbocycles. The van der Waals surface area contributed by atoms with Crippen LogP contribution in [0.4, 0.5) is 0 Å². The Hall–Kier alpha value is -0.680. The van der Waals surface area contributed by atoms with E-state index in [1.54, 1.807) is 22.7 Å². The Balaban J connectivity index is 2.35. The molecule has 4 heteroatoms. The zero-order valence-electron chi connectivity index (χ0n) is 11.0. The predicted molar refractivity (Wildman–Crippen MR) is 79.4 cm³/mol. The van der Waals surface area contributed by atoms with Gasteiger partial charge in [-0.1, -0.05) is 12.1 Å². The van der Waals surface area contributed by atoms with Gasteiger partial charge in [0.25, 0.3) is 0 Å². The van der Waals surface area contributed by atoms with Gasteiger partial charge in [-0.15, -0.1) is 22.7 Å². The van der Waals surface area contributed by atoms with E-state index in [0.29, 0.717) is 12.5 Å². The maximum Gasteiger partial charge on any atom is 0.134 e. The van der Waals surface area contributed by atoms with E-state index in [4.69, 9.17) is 0 Å². The second-order valence-electron chi connectivity index (χ2n) is 4.83. The van der Waals surface area contributed by atoms with Crippen LogP contribution in [0.5, 0.6) is 0 Å². The Morgan fingerprint density at radius 1 is 1.17 bits per heavy atom. The van der Waals surface area contributed by atoms with E-state index in [2.05, 4.69) is 11.8 Å². The van der Waals surface area contributed by atoms with Crippen molar-refractivity contribution in [3.8, 4) is 0 Å². The average Bonchev–Trinajstić information content (AvgIpc) is 3.02. The topological polar surface area (TPSA) is 23.5 Å². The summed E-state index contributed by atoms with van der Waals surface area (Å²) in [6.45, 7) is 2.15. The van der Waals surface area contributed by atoms with Crippen LogP contribution >= 0.6 is 22.7 Å². The van der Waals surface area contributed by atoms with Crippen LogP contribution < -0.4 is 0 Å². The van der Waals surface area contributed by atoms with Crippen molar-refractivity contribution in [3.63, 3.8) is 0 Å². The predicted octanol–water partition coefficient (Wildman–Crippen LogP) is 3.39. The van der Waals surface area contributed by atoms with Gasteiger partial charge >= 0.3 is 0 Å². The number of rotatable bonds is 5. The number of hydrogen-bond donors (Lipinski definition) is 1. The van der Waals surface area contributed by atoms with E-state index >= 15 is 0 Å². The molecule has 0 bridgehead atoms. The molecule has 0 fully saturated rings. The van der Waals surface area contributed by atoms with Crippen molar-refractivity contribution in [1.29, 1.82) is 0 Å². The number of nitrogens with zero attached hydrogens (tertiary/aromatic N) is 1. The van der Waals surface area contributed by atoms with Crippen LogP contribution in [0.2, 0.25) is 0 Å². The summed E-state index contributed by atoms with van der Waals surface area (Å²) in [6, 6.07) is 8.36. The van der Waals surface area contributed by atoms with Gasteiger partial charge in [-0.2, -0.15) is 0 Å². The zero-order chi connectivity index (χ0) is 13.2. The van der Waals surface area contributed by atoms with E-state index in [1.165, 1.54) is 0 Å². The Labute approximate surface area is 117 Å². The summed E-state index contributed by atoms with van der Waals surface area (Å²) in [6.07, 6.45) is 0.709. The Kier molecular flexibility index (Phi) is 4.22. The van der Waals surface area contributed by atoms with Crippen molar-refractivity contribution in [3.05, 3.63) is 44.8 Å². The van der Waals surface area contributed by atoms with E-state index in [9.17, 15) is 5.11 Å².